The molecule has 1 aliphatic rings. The van der Waals surface area contributed by atoms with E-state index in [9.17, 15) is 9.18 Å². The topological polar surface area (TPSA) is 59.6 Å². The summed E-state index contributed by atoms with van der Waals surface area (Å²) in [4.78, 5) is 12.0. The molecule has 0 aromatic heterocycles. The van der Waals surface area contributed by atoms with Crippen molar-refractivity contribution in [2.45, 2.75) is 31.4 Å². The van der Waals surface area contributed by atoms with E-state index >= 15 is 0 Å². The smallest absolute Gasteiger partial charge is 0.315 e. The van der Waals surface area contributed by atoms with Crippen molar-refractivity contribution in [2.24, 2.45) is 0 Å². The molecule has 0 aliphatic carbocycles. The van der Waals surface area contributed by atoms with Crippen LogP contribution in [0.25, 0.3) is 0 Å². The molecule has 2 N–H and O–H groups in total. The zero-order chi connectivity index (χ0) is 16.0. The largest absolute Gasteiger partial charge is 0.381 e. The SMILES string of the molecule is COC(C)(CNC(=O)NC1CCOCC1)c1ccccc1F. The summed E-state index contributed by atoms with van der Waals surface area (Å²) in [6.45, 7) is 3.26. The normalized spacial score (nSPS) is 18.5. The third-order valence-electron chi connectivity index (χ3n) is 4.04. The molecule has 1 unspecified atom stereocenters. The molecule has 1 aromatic rings. The first-order valence-corrected chi connectivity index (χ1v) is 7.47. The molecule has 0 saturated carbocycles. The summed E-state index contributed by atoms with van der Waals surface area (Å²) in [5, 5.41) is 5.67. The number of carbonyl (C=O) groups is 1. The van der Waals surface area contributed by atoms with Gasteiger partial charge in [0.05, 0.1) is 6.54 Å². The number of rotatable bonds is 5. The lowest BCUT2D eigenvalue weighted by Crippen LogP contribution is -2.48. The van der Waals surface area contributed by atoms with Crippen molar-refractivity contribution in [2.75, 3.05) is 26.9 Å². The van der Waals surface area contributed by atoms with E-state index in [0.717, 1.165) is 12.8 Å². The van der Waals surface area contributed by atoms with Gasteiger partial charge in [-0.05, 0) is 25.8 Å². The van der Waals surface area contributed by atoms with Crippen molar-refractivity contribution >= 4 is 6.03 Å². The number of ether oxygens (including phenoxy) is 2. The molecular weight excluding hydrogens is 287 g/mol. The number of carbonyl (C=O) groups excluding carboxylic acids is 1. The highest BCUT2D eigenvalue weighted by Gasteiger charge is 2.30. The summed E-state index contributed by atoms with van der Waals surface area (Å²) in [5.41, 5.74) is -0.498. The van der Waals surface area contributed by atoms with E-state index in [2.05, 4.69) is 10.6 Å². The number of benzene rings is 1. The molecule has 0 spiro atoms. The monoisotopic (exact) mass is 310 g/mol. The Bertz CT molecular complexity index is 506. The van der Waals surface area contributed by atoms with Crippen molar-refractivity contribution < 1.29 is 18.7 Å². The van der Waals surface area contributed by atoms with Crippen LogP contribution in [0.4, 0.5) is 9.18 Å². The Kier molecular flexibility index (Phi) is 5.74. The summed E-state index contributed by atoms with van der Waals surface area (Å²) in [7, 11) is 1.50. The molecule has 1 fully saturated rings. The van der Waals surface area contributed by atoms with Crippen LogP contribution in [0.2, 0.25) is 0 Å². The van der Waals surface area contributed by atoms with E-state index in [1.165, 1.54) is 13.2 Å². The summed E-state index contributed by atoms with van der Waals surface area (Å²) in [5.74, 6) is -0.349. The Labute approximate surface area is 130 Å². The molecule has 122 valence electrons. The maximum Gasteiger partial charge on any atom is 0.315 e. The highest BCUT2D eigenvalue weighted by molar-refractivity contribution is 5.74. The van der Waals surface area contributed by atoms with Crippen LogP contribution < -0.4 is 10.6 Å². The highest BCUT2D eigenvalue weighted by Crippen LogP contribution is 2.26. The van der Waals surface area contributed by atoms with Gasteiger partial charge >= 0.3 is 6.03 Å². The van der Waals surface area contributed by atoms with Gasteiger partial charge in [-0.25, -0.2) is 9.18 Å². The van der Waals surface area contributed by atoms with Crippen molar-refractivity contribution in [3.05, 3.63) is 35.6 Å². The van der Waals surface area contributed by atoms with Crippen LogP contribution in [-0.4, -0.2) is 38.9 Å². The second-order valence-electron chi connectivity index (χ2n) is 5.63. The van der Waals surface area contributed by atoms with Gasteiger partial charge in [0.2, 0.25) is 0 Å². The van der Waals surface area contributed by atoms with Crippen LogP contribution >= 0.6 is 0 Å². The fourth-order valence-corrected chi connectivity index (χ4v) is 2.49. The molecule has 0 radical (unpaired) electrons. The van der Waals surface area contributed by atoms with Gasteiger partial charge in [-0.15, -0.1) is 0 Å². The van der Waals surface area contributed by atoms with Crippen molar-refractivity contribution in [1.82, 2.24) is 10.6 Å². The van der Waals surface area contributed by atoms with E-state index in [4.69, 9.17) is 9.47 Å². The quantitative estimate of drug-likeness (QED) is 0.876. The Balaban J connectivity index is 1.92. The van der Waals surface area contributed by atoms with Gasteiger partial charge in [-0.1, -0.05) is 18.2 Å². The molecule has 2 amide bonds. The lowest BCUT2D eigenvalue weighted by molar-refractivity contribution is 0.00180. The molecule has 1 heterocycles. The number of urea groups is 1. The number of halogens is 1. The average molecular weight is 310 g/mol. The fraction of sp³-hybridized carbons (Fsp3) is 0.562. The lowest BCUT2D eigenvalue weighted by Gasteiger charge is -2.30. The predicted octanol–water partition coefficient (Wildman–Crippen LogP) is 2.17. The molecular formula is C16H23FN2O3. The highest BCUT2D eigenvalue weighted by atomic mass is 19.1. The Morgan fingerprint density at radius 1 is 1.41 bits per heavy atom. The Morgan fingerprint density at radius 3 is 2.73 bits per heavy atom. The van der Waals surface area contributed by atoms with Crippen LogP contribution in [0.15, 0.2) is 24.3 Å². The van der Waals surface area contributed by atoms with Crippen molar-refractivity contribution in [1.29, 1.82) is 0 Å². The van der Waals surface area contributed by atoms with Gasteiger partial charge in [0, 0.05) is 31.9 Å². The van der Waals surface area contributed by atoms with Crippen LogP contribution in [0, 0.1) is 5.82 Å². The second-order valence-corrected chi connectivity index (χ2v) is 5.63. The molecule has 22 heavy (non-hydrogen) atoms. The fourth-order valence-electron chi connectivity index (χ4n) is 2.49. The minimum absolute atomic E-state index is 0.121. The predicted molar refractivity (Wildman–Crippen MR) is 81.1 cm³/mol. The number of hydrogen-bond acceptors (Lipinski definition) is 3. The van der Waals surface area contributed by atoms with E-state index in [1.54, 1.807) is 25.1 Å². The van der Waals surface area contributed by atoms with Gasteiger partial charge in [0.15, 0.2) is 0 Å². The molecule has 2 rings (SSSR count). The van der Waals surface area contributed by atoms with Gasteiger partial charge < -0.3 is 20.1 Å². The second kappa shape index (κ2) is 7.56. The maximum absolute atomic E-state index is 13.9. The molecule has 1 aliphatic heterocycles. The first-order chi connectivity index (χ1) is 10.5. The Morgan fingerprint density at radius 2 is 2.09 bits per heavy atom. The zero-order valence-electron chi connectivity index (χ0n) is 13.0. The standard InChI is InChI=1S/C16H23FN2O3/c1-16(21-2,13-5-3-4-6-14(13)17)11-18-15(20)19-12-7-9-22-10-8-12/h3-6,12H,7-11H2,1-2H3,(H2,18,19,20). The number of amides is 2. The number of hydrogen-bond donors (Lipinski definition) is 2. The first kappa shape index (κ1) is 16.7. The average Bonchev–Trinajstić information content (AvgIpc) is 2.54. The summed E-state index contributed by atoms with van der Waals surface area (Å²) in [6, 6.07) is 6.27. The van der Waals surface area contributed by atoms with Gasteiger partial charge in [-0.2, -0.15) is 0 Å². The zero-order valence-corrected chi connectivity index (χ0v) is 13.0. The van der Waals surface area contributed by atoms with Crippen molar-refractivity contribution in [3.63, 3.8) is 0 Å². The van der Waals surface area contributed by atoms with E-state index in [0.29, 0.717) is 18.8 Å². The summed E-state index contributed by atoms with van der Waals surface area (Å²) >= 11 is 0. The lowest BCUT2D eigenvalue weighted by atomic mass is 9.95. The van der Waals surface area contributed by atoms with E-state index in [-0.39, 0.29) is 24.4 Å². The van der Waals surface area contributed by atoms with Crippen LogP contribution in [0.5, 0.6) is 0 Å². The first-order valence-electron chi connectivity index (χ1n) is 7.47. The molecule has 1 atom stereocenters. The van der Waals surface area contributed by atoms with Gasteiger partial charge in [-0.3, -0.25) is 0 Å². The van der Waals surface area contributed by atoms with Crippen LogP contribution in [0.1, 0.15) is 25.3 Å². The van der Waals surface area contributed by atoms with Crippen LogP contribution in [-0.2, 0) is 15.1 Å². The molecule has 6 heteroatoms. The molecule has 5 nitrogen and oxygen atoms in total. The minimum atomic E-state index is -0.918. The minimum Gasteiger partial charge on any atom is -0.381 e. The summed E-state index contributed by atoms with van der Waals surface area (Å²) < 4.78 is 24.6. The third kappa shape index (κ3) is 4.18. The van der Waals surface area contributed by atoms with Gasteiger partial charge in [0.1, 0.15) is 11.4 Å². The molecule has 0 bridgehead atoms. The Hall–Kier alpha value is -1.66. The third-order valence-corrected chi connectivity index (χ3v) is 4.04. The number of nitrogens with one attached hydrogen (secondary N) is 2. The van der Waals surface area contributed by atoms with E-state index < -0.39 is 5.60 Å². The molecule has 1 aromatic carbocycles. The van der Waals surface area contributed by atoms with Gasteiger partial charge in [0.25, 0.3) is 0 Å². The summed E-state index contributed by atoms with van der Waals surface area (Å²) in [6.07, 6.45) is 1.62. The molecule has 1 saturated heterocycles. The maximum atomic E-state index is 13.9. The van der Waals surface area contributed by atoms with Crippen LogP contribution in [0.3, 0.4) is 0 Å². The van der Waals surface area contributed by atoms with E-state index in [1.807, 2.05) is 0 Å². The van der Waals surface area contributed by atoms with Crippen molar-refractivity contribution in [3.8, 4) is 0 Å². The number of methoxy groups -OCH3 is 1.